The normalized spacial score (nSPS) is 11.4. The van der Waals surface area contributed by atoms with E-state index < -0.39 is 0 Å². The van der Waals surface area contributed by atoms with Gasteiger partial charge in [-0.3, -0.25) is 0 Å². The van der Waals surface area contributed by atoms with Crippen molar-refractivity contribution in [3.8, 4) is 0 Å². The van der Waals surface area contributed by atoms with E-state index in [1.165, 1.54) is 152 Å². The molecule has 0 saturated carbocycles. The van der Waals surface area contributed by atoms with Gasteiger partial charge >= 0.3 is 0 Å². The lowest BCUT2D eigenvalue weighted by atomic mass is 10.0. The molecule has 0 aliphatic rings. The Kier molecular flexibility index (Phi) is 20.0. The molecule has 1 aromatic carbocycles. The number of rotatable bonds is 26. The van der Waals surface area contributed by atoms with Crippen LogP contribution in [0.3, 0.4) is 0 Å². The van der Waals surface area contributed by atoms with E-state index in [4.69, 9.17) is 4.98 Å². The molecule has 0 aliphatic carbocycles. The Morgan fingerprint density at radius 3 is 1.55 bits per heavy atom. The van der Waals surface area contributed by atoms with E-state index in [1.807, 2.05) is 0 Å². The molecule has 0 spiro atoms. The Balaban J connectivity index is 1.62. The van der Waals surface area contributed by atoms with Gasteiger partial charge in [-0.15, -0.1) is 0 Å². The summed E-state index contributed by atoms with van der Waals surface area (Å²) in [7, 11) is 0. The van der Waals surface area contributed by atoms with Crippen LogP contribution in [0.1, 0.15) is 166 Å². The maximum atomic E-state index is 5.12. The number of aryl methyl sites for hydroxylation is 4. The number of nitrogens with zero attached hydrogens (tertiary/aromatic N) is 2. The summed E-state index contributed by atoms with van der Waals surface area (Å²) >= 11 is 0. The third-order valence-electron chi connectivity index (χ3n) is 8.16. The minimum absolute atomic E-state index is 1.10. The Hall–Kier alpha value is -1.57. The summed E-state index contributed by atoms with van der Waals surface area (Å²) in [6.07, 6.45) is 35.1. The van der Waals surface area contributed by atoms with Crippen LogP contribution in [0.2, 0.25) is 0 Å². The van der Waals surface area contributed by atoms with E-state index in [0.717, 1.165) is 25.8 Å². The second-order valence-electron chi connectivity index (χ2n) is 11.8. The van der Waals surface area contributed by atoms with Gasteiger partial charge < -0.3 is 4.57 Å². The lowest BCUT2D eigenvalue weighted by Gasteiger charge is -2.08. The summed E-state index contributed by atoms with van der Waals surface area (Å²) in [5, 5.41) is 0. The van der Waals surface area contributed by atoms with Gasteiger partial charge in [0.25, 0.3) is 0 Å². The number of imidazole rings is 1. The average molecular weight is 523 g/mol. The molecule has 2 heteroatoms. The largest absolute Gasteiger partial charge is 0.335 e. The maximum Gasteiger partial charge on any atom is 0.108 e. The zero-order valence-electron chi connectivity index (χ0n) is 25.5. The highest BCUT2D eigenvalue weighted by molar-refractivity contribution is 5.15. The lowest BCUT2D eigenvalue weighted by molar-refractivity contribution is 0.517. The van der Waals surface area contributed by atoms with Crippen molar-refractivity contribution in [2.45, 2.75) is 174 Å². The van der Waals surface area contributed by atoms with Gasteiger partial charge in [0.15, 0.2) is 0 Å². The van der Waals surface area contributed by atoms with Crippen LogP contribution >= 0.6 is 0 Å². The second kappa shape index (κ2) is 23.3. The fourth-order valence-electron chi connectivity index (χ4n) is 5.69. The number of unbranched alkanes of at least 4 members (excludes halogenated alkanes) is 18. The number of benzene rings is 1. The van der Waals surface area contributed by atoms with Crippen LogP contribution in [-0.4, -0.2) is 9.55 Å². The smallest absolute Gasteiger partial charge is 0.108 e. The SMILES string of the molecule is CCCCCCCCCCCCCCCCn1cc(CCCc2ccccc2)nc1CCCCCCCC. The predicted molar refractivity (Wildman–Crippen MR) is 168 cm³/mol. The quantitative estimate of drug-likeness (QED) is 0.112. The van der Waals surface area contributed by atoms with E-state index in [2.05, 4.69) is 54.9 Å². The minimum atomic E-state index is 1.10. The Morgan fingerprint density at radius 2 is 1.00 bits per heavy atom. The van der Waals surface area contributed by atoms with Crippen molar-refractivity contribution in [3.63, 3.8) is 0 Å². The monoisotopic (exact) mass is 522 g/mol. The first-order valence-corrected chi connectivity index (χ1v) is 16.9. The lowest BCUT2D eigenvalue weighted by Crippen LogP contribution is -2.03. The van der Waals surface area contributed by atoms with Gasteiger partial charge in [-0.05, 0) is 37.7 Å². The minimum Gasteiger partial charge on any atom is -0.335 e. The summed E-state index contributed by atoms with van der Waals surface area (Å²) in [5.41, 5.74) is 2.76. The zero-order valence-corrected chi connectivity index (χ0v) is 25.5. The fourth-order valence-corrected chi connectivity index (χ4v) is 5.69. The van der Waals surface area contributed by atoms with Crippen LogP contribution in [0.25, 0.3) is 0 Å². The molecule has 0 saturated heterocycles. The van der Waals surface area contributed by atoms with Gasteiger partial charge in [0, 0.05) is 19.2 Å². The van der Waals surface area contributed by atoms with Gasteiger partial charge in [0.2, 0.25) is 0 Å². The molecule has 2 rings (SSSR count). The molecule has 38 heavy (non-hydrogen) atoms. The predicted octanol–water partition coefficient (Wildman–Crippen LogP) is 11.4. The third kappa shape index (κ3) is 16.4. The molecule has 0 bridgehead atoms. The molecule has 2 aromatic rings. The van der Waals surface area contributed by atoms with E-state index in [1.54, 1.807) is 0 Å². The zero-order chi connectivity index (χ0) is 26.9. The maximum absolute atomic E-state index is 5.12. The van der Waals surface area contributed by atoms with Crippen LogP contribution < -0.4 is 0 Å². The molecule has 0 fully saturated rings. The Morgan fingerprint density at radius 1 is 0.500 bits per heavy atom. The van der Waals surface area contributed by atoms with Crippen LogP contribution in [0, 0.1) is 0 Å². The Bertz CT molecular complexity index is 763. The summed E-state index contributed by atoms with van der Waals surface area (Å²) < 4.78 is 2.52. The van der Waals surface area contributed by atoms with E-state index in [-0.39, 0.29) is 0 Å². The first-order chi connectivity index (χ1) is 18.8. The van der Waals surface area contributed by atoms with Gasteiger partial charge in [0.1, 0.15) is 5.82 Å². The second-order valence-corrected chi connectivity index (χ2v) is 11.8. The molecular formula is C36H62N2. The molecule has 0 atom stereocenters. The first kappa shape index (κ1) is 32.6. The number of aromatic nitrogens is 2. The molecule has 0 aliphatic heterocycles. The molecule has 0 amide bonds. The van der Waals surface area contributed by atoms with E-state index in [9.17, 15) is 0 Å². The molecular weight excluding hydrogens is 460 g/mol. The summed E-state index contributed by atoms with van der Waals surface area (Å²) in [4.78, 5) is 5.12. The van der Waals surface area contributed by atoms with Gasteiger partial charge in [-0.1, -0.05) is 160 Å². The molecule has 0 radical (unpaired) electrons. The topological polar surface area (TPSA) is 17.8 Å². The van der Waals surface area contributed by atoms with E-state index >= 15 is 0 Å². The van der Waals surface area contributed by atoms with Crippen molar-refractivity contribution >= 4 is 0 Å². The standard InChI is InChI=1S/C36H62N2/c1-3-5-7-9-11-12-13-14-15-16-17-18-20-25-32-38-33-35(30-26-29-34-27-22-21-23-28-34)37-36(38)31-24-19-10-8-6-4-2/h21-23,27-28,33H,3-20,24-26,29-32H2,1-2H3. The highest BCUT2D eigenvalue weighted by atomic mass is 15.1. The number of hydrogen-bond acceptors (Lipinski definition) is 1. The highest BCUT2D eigenvalue weighted by Gasteiger charge is 2.08. The van der Waals surface area contributed by atoms with Gasteiger partial charge in [0.05, 0.1) is 5.69 Å². The molecule has 1 aromatic heterocycles. The van der Waals surface area contributed by atoms with Crippen LogP contribution in [0.4, 0.5) is 0 Å². The number of hydrogen-bond donors (Lipinski definition) is 0. The molecule has 0 unspecified atom stereocenters. The molecule has 1 heterocycles. The fraction of sp³-hybridized carbons (Fsp3) is 0.750. The average Bonchev–Trinajstić information content (AvgIpc) is 3.32. The summed E-state index contributed by atoms with van der Waals surface area (Å²) in [6.45, 7) is 5.76. The molecule has 216 valence electrons. The van der Waals surface area contributed by atoms with Crippen LogP contribution in [0.5, 0.6) is 0 Å². The van der Waals surface area contributed by atoms with Crippen molar-refractivity contribution in [2.75, 3.05) is 0 Å². The van der Waals surface area contributed by atoms with Crippen molar-refractivity contribution in [3.05, 3.63) is 53.6 Å². The summed E-state index contributed by atoms with van der Waals surface area (Å²) in [6, 6.07) is 10.9. The van der Waals surface area contributed by atoms with Gasteiger partial charge in [-0.25, -0.2) is 4.98 Å². The third-order valence-corrected chi connectivity index (χ3v) is 8.16. The van der Waals surface area contributed by atoms with Crippen molar-refractivity contribution in [1.29, 1.82) is 0 Å². The van der Waals surface area contributed by atoms with Crippen molar-refractivity contribution in [2.24, 2.45) is 0 Å². The van der Waals surface area contributed by atoms with Crippen molar-refractivity contribution in [1.82, 2.24) is 9.55 Å². The van der Waals surface area contributed by atoms with Crippen LogP contribution in [0.15, 0.2) is 36.5 Å². The van der Waals surface area contributed by atoms with E-state index in [0.29, 0.717) is 0 Å². The summed E-state index contributed by atoms with van der Waals surface area (Å²) in [5.74, 6) is 1.35. The van der Waals surface area contributed by atoms with Gasteiger partial charge in [-0.2, -0.15) is 0 Å². The molecule has 2 nitrogen and oxygen atoms in total. The van der Waals surface area contributed by atoms with Crippen LogP contribution in [-0.2, 0) is 25.8 Å². The Labute approximate surface area is 237 Å². The molecule has 0 N–H and O–H groups in total. The van der Waals surface area contributed by atoms with Crippen molar-refractivity contribution < 1.29 is 0 Å². The first-order valence-electron chi connectivity index (χ1n) is 16.9. The highest BCUT2D eigenvalue weighted by Crippen LogP contribution is 2.16.